The average Bonchev–Trinajstić information content (AvgIpc) is 2.96. The van der Waals surface area contributed by atoms with Crippen molar-refractivity contribution in [3.05, 3.63) is 52.0 Å². The maximum absolute atomic E-state index is 12.6. The van der Waals surface area contributed by atoms with E-state index in [0.717, 1.165) is 16.1 Å². The van der Waals surface area contributed by atoms with Gasteiger partial charge in [-0.3, -0.25) is 9.59 Å². The number of aryl methyl sites for hydroxylation is 1. The minimum Gasteiger partial charge on any atom is -0.356 e. The van der Waals surface area contributed by atoms with Crippen molar-refractivity contribution in [2.75, 3.05) is 6.54 Å². The minimum atomic E-state index is -0.0659. The van der Waals surface area contributed by atoms with Gasteiger partial charge in [-0.15, -0.1) is 11.3 Å². The summed E-state index contributed by atoms with van der Waals surface area (Å²) in [5.41, 5.74) is 3.89. The molecule has 5 nitrogen and oxygen atoms in total. The summed E-state index contributed by atoms with van der Waals surface area (Å²) < 4.78 is 0. The first kappa shape index (κ1) is 18.1. The van der Waals surface area contributed by atoms with Crippen LogP contribution < -0.4 is 5.32 Å². The van der Waals surface area contributed by atoms with Crippen LogP contribution in [0.3, 0.4) is 0 Å². The summed E-state index contributed by atoms with van der Waals surface area (Å²) >= 11 is 1.58. The molecule has 0 aliphatic heterocycles. The van der Waals surface area contributed by atoms with E-state index < -0.39 is 0 Å². The van der Waals surface area contributed by atoms with Gasteiger partial charge in [0.2, 0.25) is 11.8 Å². The molecule has 0 bridgehead atoms. The lowest BCUT2D eigenvalue weighted by molar-refractivity contribution is -0.132. The van der Waals surface area contributed by atoms with E-state index in [1.54, 1.807) is 11.3 Å². The van der Waals surface area contributed by atoms with Gasteiger partial charge >= 0.3 is 0 Å². The number of nitrogens with zero attached hydrogens (tertiary/aromatic N) is 2. The molecule has 24 heavy (non-hydrogen) atoms. The van der Waals surface area contributed by atoms with Crippen molar-refractivity contribution in [3.8, 4) is 0 Å². The van der Waals surface area contributed by atoms with Gasteiger partial charge in [-0.05, 0) is 18.9 Å². The van der Waals surface area contributed by atoms with Crippen molar-refractivity contribution < 1.29 is 9.59 Å². The lowest BCUT2D eigenvalue weighted by Gasteiger charge is -2.22. The second kappa shape index (κ2) is 9.17. The molecule has 0 saturated carbocycles. The van der Waals surface area contributed by atoms with Gasteiger partial charge in [0, 0.05) is 31.3 Å². The highest BCUT2D eigenvalue weighted by Gasteiger charge is 2.16. The fraction of sp³-hybridized carbons (Fsp3) is 0.389. The number of nitrogens with one attached hydrogen (secondary N) is 1. The fourth-order valence-electron chi connectivity index (χ4n) is 2.35. The maximum atomic E-state index is 12.6. The van der Waals surface area contributed by atoms with Gasteiger partial charge < -0.3 is 10.2 Å². The molecule has 0 atom stereocenters. The third kappa shape index (κ3) is 5.77. The number of hydrogen-bond acceptors (Lipinski definition) is 4. The Morgan fingerprint density at radius 3 is 2.58 bits per heavy atom. The van der Waals surface area contributed by atoms with Crippen LogP contribution >= 0.6 is 11.3 Å². The van der Waals surface area contributed by atoms with E-state index in [2.05, 4.69) is 10.3 Å². The first-order valence-corrected chi connectivity index (χ1v) is 8.89. The first-order valence-electron chi connectivity index (χ1n) is 8.01. The van der Waals surface area contributed by atoms with Crippen molar-refractivity contribution in [1.29, 1.82) is 0 Å². The molecule has 0 aliphatic rings. The van der Waals surface area contributed by atoms with Crippen LogP contribution in [-0.4, -0.2) is 28.2 Å². The second-order valence-corrected chi connectivity index (χ2v) is 6.62. The smallest absolute Gasteiger partial charge is 0.223 e. The summed E-state index contributed by atoms with van der Waals surface area (Å²) in [7, 11) is 0. The maximum Gasteiger partial charge on any atom is 0.223 e. The molecule has 0 fully saturated rings. The average molecular weight is 345 g/mol. The molecule has 0 unspecified atom stereocenters. The summed E-state index contributed by atoms with van der Waals surface area (Å²) in [6, 6.07) is 9.98. The Bertz CT molecular complexity index is 670. The summed E-state index contributed by atoms with van der Waals surface area (Å²) in [5, 5.41) is 2.73. The Hall–Kier alpha value is -2.21. The van der Waals surface area contributed by atoms with Gasteiger partial charge in [0.05, 0.1) is 17.7 Å². The van der Waals surface area contributed by atoms with Crippen LogP contribution in [0, 0.1) is 6.92 Å². The molecule has 0 radical (unpaired) electrons. The van der Waals surface area contributed by atoms with Gasteiger partial charge in [0.15, 0.2) is 0 Å². The SMILES string of the molecule is CC(=O)NCCCC(=O)N(Cc1ccccc1)Cc1scnc1C. The monoisotopic (exact) mass is 345 g/mol. The zero-order chi connectivity index (χ0) is 17.4. The summed E-state index contributed by atoms with van der Waals surface area (Å²) in [6.07, 6.45) is 1.07. The van der Waals surface area contributed by atoms with Gasteiger partial charge in [-0.1, -0.05) is 30.3 Å². The van der Waals surface area contributed by atoms with Crippen LogP contribution in [-0.2, 0) is 22.7 Å². The normalized spacial score (nSPS) is 10.4. The number of amides is 2. The Morgan fingerprint density at radius 2 is 1.96 bits per heavy atom. The van der Waals surface area contributed by atoms with E-state index >= 15 is 0 Å². The topological polar surface area (TPSA) is 62.3 Å². The lowest BCUT2D eigenvalue weighted by Crippen LogP contribution is -2.31. The highest BCUT2D eigenvalue weighted by Crippen LogP contribution is 2.18. The number of hydrogen-bond donors (Lipinski definition) is 1. The molecule has 0 saturated heterocycles. The molecule has 2 aromatic rings. The van der Waals surface area contributed by atoms with E-state index in [9.17, 15) is 9.59 Å². The van der Waals surface area contributed by atoms with Gasteiger partial charge in [-0.2, -0.15) is 0 Å². The highest BCUT2D eigenvalue weighted by atomic mass is 32.1. The molecular formula is C18H23N3O2S. The first-order chi connectivity index (χ1) is 11.6. The van der Waals surface area contributed by atoms with E-state index in [4.69, 9.17) is 0 Å². The predicted octanol–water partition coefficient (Wildman–Crippen LogP) is 2.90. The summed E-state index contributed by atoms with van der Waals surface area (Å²) in [4.78, 5) is 30.8. The predicted molar refractivity (Wildman–Crippen MR) is 95.5 cm³/mol. The van der Waals surface area contributed by atoms with Crippen LogP contribution in [0.2, 0.25) is 0 Å². The Morgan fingerprint density at radius 1 is 1.21 bits per heavy atom. The molecule has 6 heteroatoms. The summed E-state index contributed by atoms with van der Waals surface area (Å²) in [6.45, 7) is 5.13. The number of thiazole rings is 1. The quantitative estimate of drug-likeness (QED) is 0.748. The second-order valence-electron chi connectivity index (χ2n) is 5.68. The number of aromatic nitrogens is 1. The molecule has 128 valence electrons. The van der Waals surface area contributed by atoms with Crippen LogP contribution in [0.25, 0.3) is 0 Å². The van der Waals surface area contributed by atoms with Crippen molar-refractivity contribution in [2.24, 2.45) is 0 Å². The largest absolute Gasteiger partial charge is 0.356 e. The Labute approximate surface area is 146 Å². The van der Waals surface area contributed by atoms with Crippen molar-refractivity contribution in [3.63, 3.8) is 0 Å². The third-order valence-electron chi connectivity index (χ3n) is 3.69. The van der Waals surface area contributed by atoms with Gasteiger partial charge in [0.1, 0.15) is 0 Å². The third-order valence-corrected chi connectivity index (χ3v) is 4.61. The molecule has 1 aromatic carbocycles. The van der Waals surface area contributed by atoms with Gasteiger partial charge in [-0.25, -0.2) is 4.98 Å². The zero-order valence-corrected chi connectivity index (χ0v) is 14.9. The van der Waals surface area contributed by atoms with Crippen LogP contribution in [0.5, 0.6) is 0 Å². The molecule has 2 amide bonds. The fourth-order valence-corrected chi connectivity index (χ4v) is 3.14. The molecule has 1 heterocycles. The van der Waals surface area contributed by atoms with Crippen LogP contribution in [0.1, 0.15) is 35.9 Å². The minimum absolute atomic E-state index is 0.0659. The number of carbonyl (C=O) groups is 2. The molecule has 0 spiro atoms. The Kier molecular flexibility index (Phi) is 6.93. The van der Waals surface area contributed by atoms with Crippen molar-refractivity contribution >= 4 is 23.2 Å². The summed E-state index contributed by atoms with van der Waals surface area (Å²) in [5.74, 6) is 0.0286. The highest BCUT2D eigenvalue weighted by molar-refractivity contribution is 7.09. The number of carbonyl (C=O) groups excluding carboxylic acids is 2. The van der Waals surface area contributed by atoms with Crippen LogP contribution in [0.15, 0.2) is 35.8 Å². The lowest BCUT2D eigenvalue weighted by atomic mass is 10.2. The van der Waals surface area contributed by atoms with E-state index in [0.29, 0.717) is 32.5 Å². The molecule has 1 aromatic heterocycles. The molecular weight excluding hydrogens is 322 g/mol. The number of benzene rings is 1. The van der Waals surface area contributed by atoms with Gasteiger partial charge in [0.25, 0.3) is 0 Å². The molecule has 1 N–H and O–H groups in total. The van der Waals surface area contributed by atoms with Crippen LogP contribution in [0.4, 0.5) is 0 Å². The molecule has 0 aliphatic carbocycles. The number of rotatable bonds is 8. The van der Waals surface area contributed by atoms with Crippen molar-refractivity contribution in [2.45, 2.75) is 39.8 Å². The van der Waals surface area contributed by atoms with Crippen molar-refractivity contribution in [1.82, 2.24) is 15.2 Å². The molecule has 2 rings (SSSR count). The van der Waals surface area contributed by atoms with E-state index in [1.165, 1.54) is 6.92 Å². The zero-order valence-electron chi connectivity index (χ0n) is 14.1. The van der Waals surface area contributed by atoms with E-state index in [1.807, 2.05) is 47.7 Å². The Balaban J connectivity index is 2.00. The standard InChI is InChI=1S/C18H23N3O2S/c1-14-17(24-13-20-14)12-21(11-16-7-4-3-5-8-16)18(23)9-6-10-19-15(2)22/h3-5,7-8,13H,6,9-12H2,1-2H3,(H,19,22). The van der Waals surface area contributed by atoms with E-state index in [-0.39, 0.29) is 11.8 Å².